The van der Waals surface area contributed by atoms with Gasteiger partial charge >= 0.3 is 0 Å². The molecule has 1 amide bonds. The van der Waals surface area contributed by atoms with E-state index < -0.39 is 6.04 Å². The maximum atomic E-state index is 12.6. The standard InChI is InChI=1S/C23H29N3O3/c1-18(27)20(16-19-8-4-3-5-9-19)24-23(28)17-25-12-14-26(15-13-25)21-10-6-7-11-22(21)29-2/h3-11,20H,12-17H2,1-2H3,(H,24,28)/p+1/t20-/m1/s1. The third kappa shape index (κ3) is 5.81. The van der Waals surface area contributed by atoms with Crippen molar-refractivity contribution in [1.29, 1.82) is 0 Å². The SMILES string of the molecule is COc1ccccc1N1CC[NH+](CC(=O)N[C@H](Cc2ccccc2)C(C)=O)CC1. The summed E-state index contributed by atoms with van der Waals surface area (Å²) in [7, 11) is 1.69. The molecule has 29 heavy (non-hydrogen) atoms. The maximum absolute atomic E-state index is 12.6. The summed E-state index contributed by atoms with van der Waals surface area (Å²) in [6.45, 7) is 5.39. The van der Waals surface area contributed by atoms with Gasteiger partial charge in [-0.05, 0) is 31.0 Å². The number of quaternary nitrogens is 1. The van der Waals surface area contributed by atoms with E-state index in [2.05, 4.69) is 16.3 Å². The van der Waals surface area contributed by atoms with E-state index in [-0.39, 0.29) is 11.7 Å². The number of anilines is 1. The molecule has 0 aliphatic carbocycles. The zero-order valence-electron chi connectivity index (χ0n) is 17.2. The minimum atomic E-state index is -0.473. The molecule has 1 atom stereocenters. The number of carbonyl (C=O) groups is 2. The number of rotatable bonds is 8. The summed E-state index contributed by atoms with van der Waals surface area (Å²) < 4.78 is 5.46. The van der Waals surface area contributed by atoms with Crippen molar-refractivity contribution in [2.75, 3.05) is 44.7 Å². The highest BCUT2D eigenvalue weighted by atomic mass is 16.5. The number of nitrogens with one attached hydrogen (secondary N) is 2. The van der Waals surface area contributed by atoms with Gasteiger partial charge in [-0.15, -0.1) is 0 Å². The van der Waals surface area contributed by atoms with Crippen molar-refractivity contribution in [2.45, 2.75) is 19.4 Å². The Balaban J connectivity index is 1.50. The first kappa shape index (κ1) is 20.9. The van der Waals surface area contributed by atoms with E-state index >= 15 is 0 Å². The first-order valence-electron chi connectivity index (χ1n) is 10.1. The minimum Gasteiger partial charge on any atom is -0.495 e. The van der Waals surface area contributed by atoms with E-state index in [1.807, 2.05) is 48.5 Å². The molecule has 0 unspecified atom stereocenters. The van der Waals surface area contributed by atoms with Gasteiger partial charge in [0.1, 0.15) is 5.75 Å². The van der Waals surface area contributed by atoms with E-state index in [0.29, 0.717) is 13.0 Å². The Kier molecular flexibility index (Phi) is 7.25. The average Bonchev–Trinajstić information content (AvgIpc) is 2.74. The zero-order chi connectivity index (χ0) is 20.6. The number of benzene rings is 2. The van der Waals surface area contributed by atoms with Crippen molar-refractivity contribution < 1.29 is 19.2 Å². The number of methoxy groups -OCH3 is 1. The molecule has 0 aromatic heterocycles. The molecular formula is C23H30N3O3+. The Morgan fingerprint density at radius 2 is 1.72 bits per heavy atom. The number of Topliss-reactive ketones (excluding diaryl/α,β-unsaturated/α-hetero) is 1. The van der Waals surface area contributed by atoms with Gasteiger partial charge < -0.3 is 19.9 Å². The van der Waals surface area contributed by atoms with Crippen LogP contribution in [-0.4, -0.2) is 57.6 Å². The Labute approximate surface area is 172 Å². The first-order valence-corrected chi connectivity index (χ1v) is 10.1. The maximum Gasteiger partial charge on any atom is 0.275 e. The molecule has 0 radical (unpaired) electrons. The first-order chi connectivity index (χ1) is 14.1. The van der Waals surface area contributed by atoms with Crippen LogP contribution in [-0.2, 0) is 16.0 Å². The molecular weight excluding hydrogens is 366 g/mol. The molecule has 6 heteroatoms. The highest BCUT2D eigenvalue weighted by Gasteiger charge is 2.25. The summed E-state index contributed by atoms with van der Waals surface area (Å²) in [6, 6.07) is 17.3. The zero-order valence-corrected chi connectivity index (χ0v) is 17.2. The van der Waals surface area contributed by atoms with E-state index in [9.17, 15) is 9.59 Å². The molecule has 2 aromatic carbocycles. The van der Waals surface area contributed by atoms with E-state index in [1.165, 1.54) is 11.8 Å². The predicted molar refractivity (Wildman–Crippen MR) is 114 cm³/mol. The Hall–Kier alpha value is -2.86. The van der Waals surface area contributed by atoms with Crippen LogP contribution in [0.3, 0.4) is 0 Å². The van der Waals surface area contributed by atoms with Crippen LogP contribution < -0.4 is 19.9 Å². The van der Waals surface area contributed by atoms with Crippen molar-refractivity contribution in [3.05, 3.63) is 60.2 Å². The van der Waals surface area contributed by atoms with Gasteiger partial charge in [0.2, 0.25) is 0 Å². The Morgan fingerprint density at radius 1 is 1.07 bits per heavy atom. The number of ether oxygens (including phenoxy) is 1. The number of nitrogens with zero attached hydrogens (tertiary/aromatic N) is 1. The average molecular weight is 397 g/mol. The molecule has 0 saturated carbocycles. The van der Waals surface area contributed by atoms with Gasteiger partial charge in [0.05, 0.1) is 45.0 Å². The van der Waals surface area contributed by atoms with E-state index in [0.717, 1.165) is 43.2 Å². The monoisotopic (exact) mass is 396 g/mol. The number of carbonyl (C=O) groups excluding carboxylic acids is 2. The summed E-state index contributed by atoms with van der Waals surface area (Å²) in [5, 5.41) is 2.93. The summed E-state index contributed by atoms with van der Waals surface area (Å²) in [5.74, 6) is 0.791. The number of para-hydroxylation sites is 2. The number of ketones is 1. The number of hydrogen-bond donors (Lipinski definition) is 2. The van der Waals surface area contributed by atoms with Crippen LogP contribution in [0.5, 0.6) is 5.75 Å². The summed E-state index contributed by atoms with van der Waals surface area (Å²) in [6.07, 6.45) is 0.527. The largest absolute Gasteiger partial charge is 0.495 e. The van der Waals surface area contributed by atoms with Gasteiger partial charge in [0, 0.05) is 0 Å². The highest BCUT2D eigenvalue weighted by Crippen LogP contribution is 2.27. The van der Waals surface area contributed by atoms with E-state index in [1.54, 1.807) is 7.11 Å². The van der Waals surface area contributed by atoms with Gasteiger partial charge in [-0.1, -0.05) is 42.5 Å². The lowest BCUT2D eigenvalue weighted by Crippen LogP contribution is -3.16. The van der Waals surface area contributed by atoms with Crippen LogP contribution in [0.2, 0.25) is 0 Å². The molecule has 2 aromatic rings. The summed E-state index contributed by atoms with van der Waals surface area (Å²) in [4.78, 5) is 28.1. The lowest BCUT2D eigenvalue weighted by Gasteiger charge is -2.34. The Bertz CT molecular complexity index is 817. The number of hydrogen-bond acceptors (Lipinski definition) is 4. The van der Waals surface area contributed by atoms with Gasteiger partial charge in [-0.25, -0.2) is 0 Å². The molecule has 3 rings (SSSR count). The van der Waals surface area contributed by atoms with Crippen LogP contribution in [0.15, 0.2) is 54.6 Å². The highest BCUT2D eigenvalue weighted by molar-refractivity contribution is 5.88. The smallest absolute Gasteiger partial charge is 0.275 e. The summed E-state index contributed by atoms with van der Waals surface area (Å²) in [5.41, 5.74) is 2.14. The molecule has 1 heterocycles. The van der Waals surface area contributed by atoms with E-state index in [4.69, 9.17) is 4.74 Å². The van der Waals surface area contributed by atoms with Crippen LogP contribution in [0, 0.1) is 0 Å². The molecule has 6 nitrogen and oxygen atoms in total. The Morgan fingerprint density at radius 3 is 2.38 bits per heavy atom. The van der Waals surface area contributed by atoms with Crippen LogP contribution in [0.1, 0.15) is 12.5 Å². The third-order valence-electron chi connectivity index (χ3n) is 5.42. The van der Waals surface area contributed by atoms with Crippen molar-refractivity contribution in [1.82, 2.24) is 5.32 Å². The van der Waals surface area contributed by atoms with Crippen molar-refractivity contribution >= 4 is 17.4 Å². The molecule has 1 fully saturated rings. The van der Waals surface area contributed by atoms with Crippen LogP contribution in [0.25, 0.3) is 0 Å². The van der Waals surface area contributed by atoms with Gasteiger partial charge in [-0.2, -0.15) is 0 Å². The van der Waals surface area contributed by atoms with Crippen LogP contribution in [0.4, 0.5) is 5.69 Å². The fraction of sp³-hybridized carbons (Fsp3) is 0.391. The molecule has 1 aliphatic heterocycles. The molecule has 0 spiro atoms. The quantitative estimate of drug-likeness (QED) is 0.690. The third-order valence-corrected chi connectivity index (χ3v) is 5.42. The van der Waals surface area contributed by atoms with Crippen molar-refractivity contribution in [3.63, 3.8) is 0 Å². The lowest BCUT2D eigenvalue weighted by atomic mass is 10.0. The predicted octanol–water partition coefficient (Wildman–Crippen LogP) is 0.717. The second-order valence-corrected chi connectivity index (χ2v) is 7.51. The van der Waals surface area contributed by atoms with Crippen LogP contribution >= 0.6 is 0 Å². The minimum absolute atomic E-state index is 0.0156. The number of piperazine rings is 1. The van der Waals surface area contributed by atoms with Crippen molar-refractivity contribution in [3.8, 4) is 5.75 Å². The fourth-order valence-electron chi connectivity index (χ4n) is 3.75. The number of amides is 1. The topological polar surface area (TPSA) is 63.1 Å². The second kappa shape index (κ2) is 10.1. The second-order valence-electron chi connectivity index (χ2n) is 7.51. The lowest BCUT2D eigenvalue weighted by molar-refractivity contribution is -0.892. The molecule has 0 bridgehead atoms. The van der Waals surface area contributed by atoms with Gasteiger partial charge in [0.15, 0.2) is 12.3 Å². The van der Waals surface area contributed by atoms with Gasteiger partial charge in [-0.3, -0.25) is 9.59 Å². The van der Waals surface area contributed by atoms with Gasteiger partial charge in [0.25, 0.3) is 5.91 Å². The normalized spacial score (nSPS) is 15.6. The fourth-order valence-corrected chi connectivity index (χ4v) is 3.75. The molecule has 1 saturated heterocycles. The molecule has 2 N–H and O–H groups in total. The van der Waals surface area contributed by atoms with Crippen molar-refractivity contribution in [2.24, 2.45) is 0 Å². The molecule has 154 valence electrons. The molecule has 1 aliphatic rings. The summed E-state index contributed by atoms with van der Waals surface area (Å²) >= 11 is 0.